The maximum Gasteiger partial charge on any atom is 0.244 e. The van der Waals surface area contributed by atoms with Crippen molar-refractivity contribution >= 4 is 28.3 Å². The van der Waals surface area contributed by atoms with Crippen LogP contribution in [0.15, 0.2) is 85.5 Å². The largest absolute Gasteiger partial charge is 0.324 e. The van der Waals surface area contributed by atoms with Crippen LogP contribution < -0.4 is 5.32 Å². The second-order valence-electron chi connectivity index (χ2n) is 6.55. The summed E-state index contributed by atoms with van der Waals surface area (Å²) < 4.78 is 3.81. The van der Waals surface area contributed by atoms with Gasteiger partial charge < -0.3 is 14.3 Å². The van der Waals surface area contributed by atoms with E-state index in [1.54, 1.807) is 6.33 Å². The fraction of sp³-hybridized carbons (Fsp3) is 0.0455. The smallest absolute Gasteiger partial charge is 0.244 e. The van der Waals surface area contributed by atoms with Gasteiger partial charge in [0.2, 0.25) is 5.91 Å². The summed E-state index contributed by atoms with van der Waals surface area (Å²) in [5.41, 5.74) is 5.11. The molecule has 5 aromatic rings. The number of imidazole rings is 2. The number of carbonyl (C=O) groups is 1. The van der Waals surface area contributed by atoms with Gasteiger partial charge in [0.1, 0.15) is 12.2 Å². The first-order chi connectivity index (χ1) is 13.8. The normalized spacial score (nSPS) is 11.1. The lowest BCUT2D eigenvalue weighted by Gasteiger charge is -2.10. The number of para-hydroxylation sites is 3. The average Bonchev–Trinajstić information content (AvgIpc) is 3.33. The van der Waals surface area contributed by atoms with Crippen LogP contribution in [0.25, 0.3) is 27.9 Å². The molecular weight excluding hydrogens is 350 g/mol. The third-order valence-corrected chi connectivity index (χ3v) is 4.68. The lowest BCUT2D eigenvalue weighted by atomic mass is 10.1. The summed E-state index contributed by atoms with van der Waals surface area (Å²) in [5.74, 6) is -0.112. The maximum absolute atomic E-state index is 12.7. The van der Waals surface area contributed by atoms with E-state index in [0.29, 0.717) is 0 Å². The fourth-order valence-corrected chi connectivity index (χ4v) is 3.36. The molecule has 6 nitrogen and oxygen atoms in total. The van der Waals surface area contributed by atoms with Crippen LogP contribution >= 0.6 is 0 Å². The third-order valence-electron chi connectivity index (χ3n) is 4.68. The molecule has 0 spiro atoms. The quantitative estimate of drug-likeness (QED) is 0.522. The maximum atomic E-state index is 12.7. The number of nitrogens with one attached hydrogen (secondary N) is 1. The first-order valence-corrected chi connectivity index (χ1v) is 9.01. The minimum atomic E-state index is -0.112. The number of fused-ring (bicyclic) bond motifs is 2. The standard InChI is InChI=1S/C22H17N5O/c28-22(14-27-15-23-18-9-3-4-10-20(18)27)25-17-8-2-1-7-16(17)19-13-26-12-6-5-11-21(26)24-19/h1-13,15H,14H2,(H,25,28). The molecule has 1 N–H and O–H groups in total. The molecule has 28 heavy (non-hydrogen) atoms. The van der Waals surface area contributed by atoms with Gasteiger partial charge in [0.25, 0.3) is 0 Å². The van der Waals surface area contributed by atoms with Crippen molar-refractivity contribution in [3.05, 3.63) is 85.5 Å². The Bertz CT molecular complexity index is 1270. The molecule has 0 aliphatic carbocycles. The number of aromatic nitrogens is 4. The van der Waals surface area contributed by atoms with E-state index in [1.165, 1.54) is 0 Å². The average molecular weight is 367 g/mol. The van der Waals surface area contributed by atoms with Gasteiger partial charge in [-0.3, -0.25) is 4.79 Å². The summed E-state index contributed by atoms with van der Waals surface area (Å²) >= 11 is 0. The SMILES string of the molecule is O=C(Cn1cnc2ccccc21)Nc1ccccc1-c1cn2ccccc2n1. The molecule has 0 saturated carbocycles. The molecule has 2 aromatic carbocycles. The minimum Gasteiger partial charge on any atom is -0.324 e. The summed E-state index contributed by atoms with van der Waals surface area (Å²) in [6.45, 7) is 0.194. The molecule has 3 aromatic heterocycles. The number of benzene rings is 2. The van der Waals surface area contributed by atoms with Crippen LogP contribution in [-0.4, -0.2) is 24.8 Å². The third kappa shape index (κ3) is 2.91. The first kappa shape index (κ1) is 16.3. The second-order valence-corrected chi connectivity index (χ2v) is 6.55. The Balaban J connectivity index is 1.43. The van der Waals surface area contributed by atoms with E-state index in [0.717, 1.165) is 33.6 Å². The Morgan fingerprint density at radius 1 is 0.964 bits per heavy atom. The van der Waals surface area contributed by atoms with E-state index in [-0.39, 0.29) is 12.5 Å². The zero-order chi connectivity index (χ0) is 18.9. The Morgan fingerprint density at radius 3 is 2.71 bits per heavy atom. The highest BCUT2D eigenvalue weighted by molar-refractivity contribution is 5.95. The summed E-state index contributed by atoms with van der Waals surface area (Å²) in [4.78, 5) is 21.7. The van der Waals surface area contributed by atoms with E-state index < -0.39 is 0 Å². The number of hydrogen-bond acceptors (Lipinski definition) is 3. The molecule has 6 heteroatoms. The number of pyridine rings is 1. The van der Waals surface area contributed by atoms with E-state index in [2.05, 4.69) is 15.3 Å². The topological polar surface area (TPSA) is 64.2 Å². The molecule has 0 saturated heterocycles. The molecule has 0 radical (unpaired) electrons. The number of hydrogen-bond donors (Lipinski definition) is 1. The van der Waals surface area contributed by atoms with Crippen molar-refractivity contribution in [2.24, 2.45) is 0 Å². The Kier molecular flexibility index (Phi) is 3.87. The van der Waals surface area contributed by atoms with Gasteiger partial charge in [-0.25, -0.2) is 9.97 Å². The van der Waals surface area contributed by atoms with Crippen molar-refractivity contribution in [2.45, 2.75) is 6.54 Å². The van der Waals surface area contributed by atoms with Gasteiger partial charge in [-0.05, 0) is 30.3 Å². The van der Waals surface area contributed by atoms with Gasteiger partial charge in [-0.15, -0.1) is 0 Å². The van der Waals surface area contributed by atoms with Crippen molar-refractivity contribution in [2.75, 3.05) is 5.32 Å². The summed E-state index contributed by atoms with van der Waals surface area (Å²) in [6.07, 6.45) is 5.61. The molecule has 0 aliphatic heterocycles. The molecule has 0 aliphatic rings. The summed E-state index contributed by atoms with van der Waals surface area (Å²) in [7, 11) is 0. The predicted octanol–water partition coefficient (Wildman–Crippen LogP) is 3.99. The van der Waals surface area contributed by atoms with Crippen molar-refractivity contribution in [3.8, 4) is 11.3 Å². The van der Waals surface area contributed by atoms with Gasteiger partial charge in [0, 0.05) is 18.0 Å². The van der Waals surface area contributed by atoms with Crippen LogP contribution in [0.4, 0.5) is 5.69 Å². The molecule has 0 bridgehead atoms. The van der Waals surface area contributed by atoms with E-state index in [4.69, 9.17) is 0 Å². The van der Waals surface area contributed by atoms with Gasteiger partial charge in [-0.1, -0.05) is 36.4 Å². The van der Waals surface area contributed by atoms with Crippen LogP contribution in [0.2, 0.25) is 0 Å². The highest BCUT2D eigenvalue weighted by Gasteiger charge is 2.12. The highest BCUT2D eigenvalue weighted by atomic mass is 16.1. The summed E-state index contributed by atoms with van der Waals surface area (Å²) in [6, 6.07) is 21.3. The summed E-state index contributed by atoms with van der Waals surface area (Å²) in [5, 5.41) is 3.02. The number of rotatable bonds is 4. The molecule has 0 unspecified atom stereocenters. The van der Waals surface area contributed by atoms with Crippen LogP contribution in [0, 0.1) is 0 Å². The second kappa shape index (κ2) is 6.66. The van der Waals surface area contributed by atoms with E-state index in [1.807, 2.05) is 88.1 Å². The van der Waals surface area contributed by atoms with Gasteiger partial charge in [0.15, 0.2) is 0 Å². The minimum absolute atomic E-state index is 0.112. The number of carbonyl (C=O) groups excluding carboxylic acids is 1. The van der Waals surface area contributed by atoms with Gasteiger partial charge in [-0.2, -0.15) is 0 Å². The Labute approximate surface area is 161 Å². The van der Waals surface area contributed by atoms with Crippen LogP contribution in [-0.2, 0) is 11.3 Å². The van der Waals surface area contributed by atoms with E-state index in [9.17, 15) is 4.79 Å². The molecule has 1 amide bonds. The first-order valence-electron chi connectivity index (χ1n) is 9.01. The number of anilines is 1. The van der Waals surface area contributed by atoms with Crippen LogP contribution in [0.5, 0.6) is 0 Å². The van der Waals surface area contributed by atoms with Gasteiger partial charge in [0.05, 0.1) is 28.7 Å². The zero-order valence-corrected chi connectivity index (χ0v) is 15.0. The van der Waals surface area contributed by atoms with Gasteiger partial charge >= 0.3 is 0 Å². The number of amides is 1. The van der Waals surface area contributed by atoms with Crippen molar-refractivity contribution in [1.82, 2.24) is 18.9 Å². The van der Waals surface area contributed by atoms with Crippen LogP contribution in [0.1, 0.15) is 0 Å². The molecule has 136 valence electrons. The Hall–Kier alpha value is -3.93. The molecular formula is C22H17N5O. The zero-order valence-electron chi connectivity index (χ0n) is 15.0. The Morgan fingerprint density at radius 2 is 1.79 bits per heavy atom. The van der Waals surface area contributed by atoms with E-state index >= 15 is 0 Å². The lowest BCUT2D eigenvalue weighted by molar-refractivity contribution is -0.116. The number of nitrogens with zero attached hydrogens (tertiary/aromatic N) is 4. The highest BCUT2D eigenvalue weighted by Crippen LogP contribution is 2.27. The van der Waals surface area contributed by atoms with Crippen molar-refractivity contribution in [1.29, 1.82) is 0 Å². The lowest BCUT2D eigenvalue weighted by Crippen LogP contribution is -2.18. The van der Waals surface area contributed by atoms with Crippen molar-refractivity contribution in [3.63, 3.8) is 0 Å². The molecule has 5 rings (SSSR count). The van der Waals surface area contributed by atoms with Crippen LogP contribution in [0.3, 0.4) is 0 Å². The molecule has 0 fully saturated rings. The monoisotopic (exact) mass is 367 g/mol. The van der Waals surface area contributed by atoms with Crippen molar-refractivity contribution < 1.29 is 4.79 Å². The fourth-order valence-electron chi connectivity index (χ4n) is 3.36. The molecule has 0 atom stereocenters. The predicted molar refractivity (Wildman–Crippen MR) is 109 cm³/mol. The molecule has 3 heterocycles.